The molecule has 1 aliphatic carbocycles. The van der Waals surface area contributed by atoms with Crippen LogP contribution in [-0.2, 0) is 11.0 Å². The number of halogens is 3. The largest absolute Gasteiger partial charge is 0.478 e. The molecule has 26 heavy (non-hydrogen) atoms. The van der Waals surface area contributed by atoms with Crippen molar-refractivity contribution in [1.29, 1.82) is 0 Å². The van der Waals surface area contributed by atoms with Gasteiger partial charge in [0.15, 0.2) is 5.69 Å². The number of amides is 1. The summed E-state index contributed by atoms with van der Waals surface area (Å²) >= 11 is 0. The molecule has 0 radical (unpaired) electrons. The SMILES string of the molecule is O=C(O)c1cnn(-c2ccc(NC(=O)C3CCCC3)cc2)c1C(F)(F)F. The third kappa shape index (κ3) is 3.56. The first-order valence-electron chi connectivity index (χ1n) is 8.07. The van der Waals surface area contributed by atoms with Crippen LogP contribution >= 0.6 is 0 Å². The van der Waals surface area contributed by atoms with Gasteiger partial charge in [0.25, 0.3) is 0 Å². The number of nitrogens with one attached hydrogen (secondary N) is 1. The lowest BCUT2D eigenvalue weighted by atomic mass is 10.1. The van der Waals surface area contributed by atoms with Gasteiger partial charge in [0.1, 0.15) is 5.56 Å². The Hall–Kier alpha value is -2.84. The summed E-state index contributed by atoms with van der Waals surface area (Å²) in [5, 5.41) is 15.2. The van der Waals surface area contributed by atoms with E-state index < -0.39 is 23.4 Å². The fraction of sp³-hybridized carbons (Fsp3) is 0.353. The van der Waals surface area contributed by atoms with Crippen molar-refractivity contribution in [3.8, 4) is 5.69 Å². The van der Waals surface area contributed by atoms with E-state index in [-0.39, 0.29) is 17.5 Å². The number of carbonyl (C=O) groups excluding carboxylic acids is 1. The monoisotopic (exact) mass is 367 g/mol. The van der Waals surface area contributed by atoms with Crippen LogP contribution in [0.25, 0.3) is 5.69 Å². The fourth-order valence-corrected chi connectivity index (χ4v) is 3.09. The first kappa shape index (κ1) is 18.0. The summed E-state index contributed by atoms with van der Waals surface area (Å²) in [5.74, 6) is -1.83. The number of carboxylic acids is 1. The van der Waals surface area contributed by atoms with E-state index in [2.05, 4.69) is 10.4 Å². The molecule has 2 N–H and O–H groups in total. The standard InChI is InChI=1S/C17H16F3N3O3/c18-17(19,20)14-13(16(25)26)9-21-23(14)12-7-5-11(6-8-12)22-15(24)10-3-1-2-4-10/h5-10H,1-4H2,(H,22,24)(H,25,26). The van der Waals surface area contributed by atoms with Crippen LogP contribution < -0.4 is 5.32 Å². The normalized spacial score (nSPS) is 15.2. The summed E-state index contributed by atoms with van der Waals surface area (Å²) < 4.78 is 40.2. The lowest BCUT2D eigenvalue weighted by Gasteiger charge is -2.13. The van der Waals surface area contributed by atoms with E-state index in [1.54, 1.807) is 0 Å². The van der Waals surface area contributed by atoms with Crippen molar-refractivity contribution in [1.82, 2.24) is 9.78 Å². The number of carbonyl (C=O) groups is 2. The molecule has 1 heterocycles. The van der Waals surface area contributed by atoms with Crippen molar-refractivity contribution in [2.45, 2.75) is 31.9 Å². The highest BCUT2D eigenvalue weighted by Crippen LogP contribution is 2.34. The Morgan fingerprint density at radius 2 is 1.77 bits per heavy atom. The van der Waals surface area contributed by atoms with Crippen LogP contribution in [0.15, 0.2) is 30.5 Å². The molecule has 1 amide bonds. The van der Waals surface area contributed by atoms with Crippen molar-refractivity contribution >= 4 is 17.6 Å². The van der Waals surface area contributed by atoms with Gasteiger partial charge in [-0.2, -0.15) is 18.3 Å². The molecule has 6 nitrogen and oxygen atoms in total. The molecule has 0 saturated heterocycles. The molecule has 1 fully saturated rings. The molecule has 138 valence electrons. The average Bonchev–Trinajstić information content (AvgIpc) is 3.25. The van der Waals surface area contributed by atoms with Gasteiger partial charge in [0, 0.05) is 11.6 Å². The van der Waals surface area contributed by atoms with E-state index in [1.807, 2.05) is 0 Å². The maximum absolute atomic E-state index is 13.2. The highest BCUT2D eigenvalue weighted by Gasteiger charge is 2.40. The Balaban J connectivity index is 1.85. The zero-order chi connectivity index (χ0) is 18.9. The Labute approximate surface area is 146 Å². The van der Waals surface area contributed by atoms with Crippen molar-refractivity contribution in [2.75, 3.05) is 5.32 Å². The summed E-state index contributed by atoms with van der Waals surface area (Å²) in [7, 11) is 0. The van der Waals surface area contributed by atoms with Crippen LogP contribution in [-0.4, -0.2) is 26.8 Å². The van der Waals surface area contributed by atoms with Crippen LogP contribution in [0.3, 0.4) is 0 Å². The molecule has 1 aromatic carbocycles. The van der Waals surface area contributed by atoms with E-state index in [0.717, 1.165) is 25.7 Å². The number of anilines is 1. The van der Waals surface area contributed by atoms with Gasteiger partial charge in [-0.3, -0.25) is 4.79 Å². The zero-order valence-electron chi connectivity index (χ0n) is 13.6. The summed E-state index contributed by atoms with van der Waals surface area (Å²) in [6, 6.07) is 5.62. The Morgan fingerprint density at radius 1 is 1.15 bits per heavy atom. The summed E-state index contributed by atoms with van der Waals surface area (Å²) in [4.78, 5) is 23.1. The number of alkyl halides is 3. The molecule has 0 spiro atoms. The second-order valence-electron chi connectivity index (χ2n) is 6.14. The molecule has 0 atom stereocenters. The summed E-state index contributed by atoms with van der Waals surface area (Å²) in [6.45, 7) is 0. The lowest BCUT2D eigenvalue weighted by Crippen LogP contribution is -2.20. The molecule has 0 bridgehead atoms. The van der Waals surface area contributed by atoms with Gasteiger partial charge in [-0.25, -0.2) is 9.48 Å². The molecule has 0 unspecified atom stereocenters. The predicted octanol–water partition coefficient (Wildman–Crippen LogP) is 3.72. The van der Waals surface area contributed by atoms with Crippen LogP contribution in [0.5, 0.6) is 0 Å². The first-order chi connectivity index (χ1) is 12.3. The molecule has 0 aliphatic heterocycles. The maximum Gasteiger partial charge on any atom is 0.434 e. The zero-order valence-corrected chi connectivity index (χ0v) is 13.6. The summed E-state index contributed by atoms with van der Waals surface area (Å²) in [6.07, 6.45) is -0.500. The quantitative estimate of drug-likeness (QED) is 0.863. The minimum absolute atomic E-state index is 0.0317. The molecule has 3 rings (SSSR count). The van der Waals surface area contributed by atoms with E-state index in [4.69, 9.17) is 5.11 Å². The third-order valence-electron chi connectivity index (χ3n) is 4.37. The average molecular weight is 367 g/mol. The number of aromatic carboxylic acids is 1. The van der Waals surface area contributed by atoms with Crippen molar-refractivity contribution in [3.63, 3.8) is 0 Å². The van der Waals surface area contributed by atoms with Crippen molar-refractivity contribution < 1.29 is 27.9 Å². The van der Waals surface area contributed by atoms with Crippen LogP contribution in [0, 0.1) is 5.92 Å². The minimum Gasteiger partial charge on any atom is -0.478 e. The Morgan fingerprint density at radius 3 is 2.31 bits per heavy atom. The molecule has 1 aliphatic rings. The number of carboxylic acid groups (broad SMARTS) is 1. The highest BCUT2D eigenvalue weighted by molar-refractivity contribution is 5.92. The molecule has 2 aromatic rings. The number of hydrogen-bond donors (Lipinski definition) is 2. The van der Waals surface area contributed by atoms with Gasteiger partial charge in [-0.15, -0.1) is 0 Å². The highest BCUT2D eigenvalue weighted by atomic mass is 19.4. The van der Waals surface area contributed by atoms with Gasteiger partial charge < -0.3 is 10.4 Å². The molecule has 9 heteroatoms. The lowest BCUT2D eigenvalue weighted by molar-refractivity contribution is -0.143. The Kier molecular flexibility index (Phi) is 4.71. The van der Waals surface area contributed by atoms with Gasteiger partial charge in [0.2, 0.25) is 5.91 Å². The third-order valence-corrected chi connectivity index (χ3v) is 4.37. The Bertz CT molecular complexity index is 822. The van der Waals surface area contributed by atoms with Gasteiger partial charge in [-0.1, -0.05) is 12.8 Å². The molecular weight excluding hydrogens is 351 g/mol. The fourth-order valence-electron chi connectivity index (χ4n) is 3.09. The topological polar surface area (TPSA) is 84.2 Å². The minimum atomic E-state index is -4.88. The number of aromatic nitrogens is 2. The van der Waals surface area contributed by atoms with E-state index in [1.165, 1.54) is 24.3 Å². The maximum atomic E-state index is 13.2. The second kappa shape index (κ2) is 6.81. The number of benzene rings is 1. The van der Waals surface area contributed by atoms with Crippen LogP contribution in [0.2, 0.25) is 0 Å². The second-order valence-corrected chi connectivity index (χ2v) is 6.14. The van der Waals surface area contributed by atoms with Crippen molar-refractivity contribution in [3.05, 3.63) is 41.7 Å². The van der Waals surface area contributed by atoms with Crippen molar-refractivity contribution in [2.24, 2.45) is 5.92 Å². The van der Waals surface area contributed by atoms with Crippen LogP contribution in [0.4, 0.5) is 18.9 Å². The van der Waals surface area contributed by atoms with Crippen LogP contribution in [0.1, 0.15) is 41.7 Å². The molecule has 1 aromatic heterocycles. The van der Waals surface area contributed by atoms with E-state index >= 15 is 0 Å². The number of nitrogens with zero attached hydrogens (tertiary/aromatic N) is 2. The van der Waals surface area contributed by atoms with Gasteiger partial charge in [0.05, 0.1) is 11.9 Å². The van der Waals surface area contributed by atoms with E-state index in [0.29, 0.717) is 16.6 Å². The van der Waals surface area contributed by atoms with E-state index in [9.17, 15) is 22.8 Å². The molecular formula is C17H16F3N3O3. The first-order valence-corrected chi connectivity index (χ1v) is 8.07. The smallest absolute Gasteiger partial charge is 0.434 e. The number of hydrogen-bond acceptors (Lipinski definition) is 3. The summed E-state index contributed by atoms with van der Waals surface area (Å²) in [5.41, 5.74) is -1.77. The van der Waals surface area contributed by atoms with Gasteiger partial charge >= 0.3 is 12.1 Å². The predicted molar refractivity (Wildman–Crippen MR) is 86.1 cm³/mol. The van der Waals surface area contributed by atoms with Gasteiger partial charge in [-0.05, 0) is 37.1 Å². The number of rotatable bonds is 4. The molecule has 1 saturated carbocycles.